The average Bonchev–Trinajstić information content (AvgIpc) is 2.49. The van der Waals surface area contributed by atoms with Crippen molar-refractivity contribution in [1.29, 1.82) is 0 Å². The fraction of sp³-hybridized carbons (Fsp3) is 0.467. The van der Waals surface area contributed by atoms with Crippen LogP contribution in [0.15, 0.2) is 22.7 Å². The van der Waals surface area contributed by atoms with Gasteiger partial charge in [-0.15, -0.1) is 0 Å². The molecule has 1 aromatic rings. The second-order valence-corrected chi connectivity index (χ2v) is 7.21. The predicted molar refractivity (Wildman–Crippen MR) is 94.2 cm³/mol. The Kier molecular flexibility index (Phi) is 6.04. The quantitative estimate of drug-likeness (QED) is 0.698. The molecule has 21 heavy (non-hydrogen) atoms. The smallest absolute Gasteiger partial charge is 0.255 e. The van der Waals surface area contributed by atoms with Crippen LogP contribution in [0.3, 0.4) is 0 Å². The van der Waals surface area contributed by atoms with E-state index in [0.717, 1.165) is 20.9 Å². The molecule has 1 aromatic carbocycles. The summed E-state index contributed by atoms with van der Waals surface area (Å²) < 4.78 is 1.87. The highest BCUT2D eigenvalue weighted by atomic mass is 127. The Morgan fingerprint density at radius 3 is 2.67 bits per heavy atom. The van der Waals surface area contributed by atoms with E-state index in [4.69, 9.17) is 0 Å². The third-order valence-electron chi connectivity index (χ3n) is 3.63. The average molecular weight is 465 g/mol. The first kappa shape index (κ1) is 16.7. The van der Waals surface area contributed by atoms with Crippen LogP contribution < -0.4 is 5.32 Å². The molecule has 1 fully saturated rings. The Hall–Kier alpha value is -0.630. The molecule has 114 valence electrons. The molecule has 4 nitrogen and oxygen atoms in total. The molecule has 0 unspecified atom stereocenters. The number of rotatable bonds is 3. The van der Waals surface area contributed by atoms with E-state index in [0.29, 0.717) is 25.1 Å². The van der Waals surface area contributed by atoms with Crippen molar-refractivity contribution in [2.75, 3.05) is 13.1 Å². The van der Waals surface area contributed by atoms with Gasteiger partial charge in [0.15, 0.2) is 0 Å². The van der Waals surface area contributed by atoms with Gasteiger partial charge in [0, 0.05) is 33.6 Å². The SMILES string of the molecule is CCC(=O)NC1CCN(C(=O)c2cc(I)ccc2Br)CC1. The van der Waals surface area contributed by atoms with E-state index < -0.39 is 0 Å². The minimum atomic E-state index is 0.0562. The molecular formula is C15H18BrIN2O2. The Morgan fingerprint density at radius 1 is 1.38 bits per heavy atom. The lowest BCUT2D eigenvalue weighted by atomic mass is 10.0. The lowest BCUT2D eigenvalue weighted by molar-refractivity contribution is -0.121. The lowest BCUT2D eigenvalue weighted by Gasteiger charge is -2.32. The molecule has 1 saturated heterocycles. The van der Waals surface area contributed by atoms with Crippen molar-refractivity contribution in [3.63, 3.8) is 0 Å². The number of hydrogen-bond donors (Lipinski definition) is 1. The molecular weight excluding hydrogens is 447 g/mol. The van der Waals surface area contributed by atoms with Gasteiger partial charge in [-0.1, -0.05) is 6.92 Å². The largest absolute Gasteiger partial charge is 0.353 e. The van der Waals surface area contributed by atoms with Crippen molar-refractivity contribution in [3.05, 3.63) is 31.8 Å². The normalized spacial score (nSPS) is 15.9. The Bertz CT molecular complexity index is 542. The Morgan fingerprint density at radius 2 is 2.05 bits per heavy atom. The molecule has 0 bridgehead atoms. The van der Waals surface area contributed by atoms with Gasteiger partial charge < -0.3 is 10.2 Å². The van der Waals surface area contributed by atoms with Crippen LogP contribution in [0, 0.1) is 3.57 Å². The second-order valence-electron chi connectivity index (χ2n) is 5.11. The van der Waals surface area contributed by atoms with Crippen LogP contribution in [-0.2, 0) is 4.79 Å². The summed E-state index contributed by atoms with van der Waals surface area (Å²) in [7, 11) is 0. The molecule has 1 aliphatic rings. The van der Waals surface area contributed by atoms with Crippen molar-refractivity contribution in [2.24, 2.45) is 0 Å². The minimum Gasteiger partial charge on any atom is -0.353 e. The van der Waals surface area contributed by atoms with Crippen molar-refractivity contribution in [3.8, 4) is 0 Å². The van der Waals surface area contributed by atoms with Gasteiger partial charge in [0.25, 0.3) is 5.91 Å². The third-order valence-corrected chi connectivity index (χ3v) is 4.99. The summed E-state index contributed by atoms with van der Waals surface area (Å²) in [6.45, 7) is 3.22. The maximum absolute atomic E-state index is 12.6. The first-order valence-electron chi connectivity index (χ1n) is 7.05. The number of halogens is 2. The maximum atomic E-state index is 12.6. The summed E-state index contributed by atoms with van der Waals surface area (Å²) in [6.07, 6.45) is 2.15. The summed E-state index contributed by atoms with van der Waals surface area (Å²) in [5, 5.41) is 3.00. The van der Waals surface area contributed by atoms with Crippen LogP contribution in [-0.4, -0.2) is 35.8 Å². The number of nitrogens with one attached hydrogen (secondary N) is 1. The molecule has 1 N–H and O–H groups in total. The molecule has 0 spiro atoms. The number of nitrogens with zero attached hydrogens (tertiary/aromatic N) is 1. The summed E-state index contributed by atoms with van der Waals surface area (Å²) >= 11 is 5.65. The van der Waals surface area contributed by atoms with Crippen LogP contribution >= 0.6 is 38.5 Å². The predicted octanol–water partition coefficient (Wildman–Crippen LogP) is 3.18. The Labute approximate surface area is 146 Å². The molecule has 0 radical (unpaired) electrons. The van der Waals surface area contributed by atoms with Gasteiger partial charge >= 0.3 is 0 Å². The Balaban J connectivity index is 1.97. The number of amides is 2. The van der Waals surface area contributed by atoms with Crippen LogP contribution in [0.5, 0.6) is 0 Å². The maximum Gasteiger partial charge on any atom is 0.255 e. The first-order valence-corrected chi connectivity index (χ1v) is 8.92. The number of carbonyl (C=O) groups excluding carboxylic acids is 2. The third kappa shape index (κ3) is 4.42. The number of piperidine rings is 1. The van der Waals surface area contributed by atoms with E-state index in [1.54, 1.807) is 0 Å². The number of likely N-dealkylation sites (tertiary alicyclic amines) is 1. The monoisotopic (exact) mass is 464 g/mol. The standard InChI is InChI=1S/C15H18BrIN2O2/c1-2-14(20)18-11-5-7-19(8-6-11)15(21)12-9-10(17)3-4-13(12)16/h3-4,9,11H,2,5-8H2,1H3,(H,18,20). The van der Waals surface area contributed by atoms with Crippen LogP contribution in [0.1, 0.15) is 36.5 Å². The van der Waals surface area contributed by atoms with E-state index in [1.165, 1.54) is 0 Å². The van der Waals surface area contributed by atoms with E-state index in [2.05, 4.69) is 43.8 Å². The van der Waals surface area contributed by atoms with E-state index in [1.807, 2.05) is 30.0 Å². The molecule has 0 saturated carbocycles. The highest BCUT2D eigenvalue weighted by molar-refractivity contribution is 14.1. The van der Waals surface area contributed by atoms with Gasteiger partial charge in [-0.05, 0) is 69.6 Å². The minimum absolute atomic E-state index is 0.0562. The number of benzene rings is 1. The van der Waals surface area contributed by atoms with Gasteiger partial charge in [0.05, 0.1) is 5.56 Å². The summed E-state index contributed by atoms with van der Waals surface area (Å²) in [4.78, 5) is 25.8. The van der Waals surface area contributed by atoms with E-state index >= 15 is 0 Å². The van der Waals surface area contributed by atoms with Crippen molar-refractivity contribution in [1.82, 2.24) is 10.2 Å². The highest BCUT2D eigenvalue weighted by Gasteiger charge is 2.25. The molecule has 2 rings (SSSR count). The molecule has 0 aliphatic carbocycles. The summed E-state index contributed by atoms with van der Waals surface area (Å²) in [5.41, 5.74) is 0.706. The molecule has 6 heteroatoms. The first-order chi connectivity index (χ1) is 10.0. The molecule has 0 aromatic heterocycles. The van der Waals surface area contributed by atoms with Crippen LogP contribution in [0.25, 0.3) is 0 Å². The lowest BCUT2D eigenvalue weighted by Crippen LogP contribution is -2.46. The fourth-order valence-corrected chi connectivity index (χ4v) is 3.30. The molecule has 2 amide bonds. The van der Waals surface area contributed by atoms with Gasteiger partial charge in [-0.2, -0.15) is 0 Å². The zero-order valence-electron chi connectivity index (χ0n) is 11.9. The summed E-state index contributed by atoms with van der Waals surface area (Å²) in [6, 6.07) is 5.97. The van der Waals surface area contributed by atoms with Crippen molar-refractivity contribution in [2.45, 2.75) is 32.2 Å². The van der Waals surface area contributed by atoms with Crippen molar-refractivity contribution < 1.29 is 9.59 Å². The van der Waals surface area contributed by atoms with Gasteiger partial charge in [0.2, 0.25) is 5.91 Å². The van der Waals surface area contributed by atoms with E-state index in [-0.39, 0.29) is 17.9 Å². The van der Waals surface area contributed by atoms with Crippen LogP contribution in [0.4, 0.5) is 0 Å². The fourth-order valence-electron chi connectivity index (χ4n) is 2.39. The summed E-state index contributed by atoms with van der Waals surface area (Å²) in [5.74, 6) is 0.140. The van der Waals surface area contributed by atoms with Gasteiger partial charge in [-0.25, -0.2) is 0 Å². The van der Waals surface area contributed by atoms with E-state index in [9.17, 15) is 9.59 Å². The van der Waals surface area contributed by atoms with Crippen molar-refractivity contribution >= 4 is 50.3 Å². The molecule has 1 heterocycles. The van der Waals surface area contributed by atoms with Gasteiger partial charge in [0.1, 0.15) is 0 Å². The zero-order valence-corrected chi connectivity index (χ0v) is 15.6. The molecule has 0 atom stereocenters. The molecule has 1 aliphatic heterocycles. The number of carbonyl (C=O) groups is 2. The highest BCUT2D eigenvalue weighted by Crippen LogP contribution is 2.23. The van der Waals surface area contributed by atoms with Crippen LogP contribution in [0.2, 0.25) is 0 Å². The van der Waals surface area contributed by atoms with Gasteiger partial charge in [-0.3, -0.25) is 9.59 Å². The number of hydrogen-bond acceptors (Lipinski definition) is 2. The zero-order chi connectivity index (χ0) is 15.4. The second kappa shape index (κ2) is 7.58. The topological polar surface area (TPSA) is 49.4 Å².